The fourth-order valence-corrected chi connectivity index (χ4v) is 4.60. The Labute approximate surface area is 177 Å². The minimum atomic E-state index is -3.69. The number of aliphatic hydroxyl groups is 1. The Morgan fingerprint density at radius 2 is 1.97 bits per heavy atom. The Morgan fingerprint density at radius 1 is 1.27 bits per heavy atom. The highest BCUT2D eigenvalue weighted by Gasteiger charge is 2.35. The van der Waals surface area contributed by atoms with Crippen molar-refractivity contribution in [2.24, 2.45) is 5.92 Å². The van der Waals surface area contributed by atoms with E-state index in [1.165, 1.54) is 17.5 Å². The third-order valence-electron chi connectivity index (χ3n) is 5.33. The first-order valence-electron chi connectivity index (χ1n) is 9.80. The van der Waals surface area contributed by atoms with Gasteiger partial charge < -0.3 is 14.7 Å². The first kappa shape index (κ1) is 22.2. The number of aromatic nitrogens is 1. The average molecular weight is 434 g/mol. The zero-order valence-corrected chi connectivity index (χ0v) is 18.1. The molecule has 0 aliphatic carbocycles. The lowest BCUT2D eigenvalue weighted by Gasteiger charge is -2.37. The van der Waals surface area contributed by atoms with Crippen LogP contribution >= 0.6 is 0 Å². The molecule has 30 heavy (non-hydrogen) atoms. The minimum Gasteiger partial charge on any atom is -0.472 e. The van der Waals surface area contributed by atoms with Gasteiger partial charge in [0.1, 0.15) is 11.7 Å². The summed E-state index contributed by atoms with van der Waals surface area (Å²) >= 11 is 0. The molecule has 1 aromatic heterocycles. The van der Waals surface area contributed by atoms with Gasteiger partial charge >= 0.3 is 0 Å². The van der Waals surface area contributed by atoms with E-state index in [1.807, 2.05) is 6.92 Å². The number of fused-ring (bicyclic) bond motifs is 1. The molecule has 2 aromatic rings. The summed E-state index contributed by atoms with van der Waals surface area (Å²) in [4.78, 5) is 19.0. The van der Waals surface area contributed by atoms with Gasteiger partial charge in [-0.2, -0.15) is 4.31 Å². The highest BCUT2D eigenvalue weighted by atomic mass is 32.2. The fourth-order valence-electron chi connectivity index (χ4n) is 3.39. The van der Waals surface area contributed by atoms with Crippen LogP contribution in [0.2, 0.25) is 0 Å². The zero-order valence-electron chi connectivity index (χ0n) is 17.3. The van der Waals surface area contributed by atoms with Gasteiger partial charge in [-0.05, 0) is 31.2 Å². The lowest BCUT2D eigenvalue weighted by atomic mass is 10.0. The first-order valence-corrected chi connectivity index (χ1v) is 11.2. The van der Waals surface area contributed by atoms with Crippen LogP contribution in [0.4, 0.5) is 0 Å². The molecular formula is C21H27N3O5S. The number of carbonyl (C=O) groups is 1. The third kappa shape index (κ3) is 4.48. The average Bonchev–Trinajstić information content (AvgIpc) is 2.76. The van der Waals surface area contributed by atoms with Crippen molar-refractivity contribution in [1.82, 2.24) is 14.2 Å². The van der Waals surface area contributed by atoms with Gasteiger partial charge in [-0.1, -0.05) is 25.1 Å². The molecule has 3 atom stereocenters. The number of hydrogen-bond acceptors (Lipinski definition) is 6. The number of hydrogen-bond donors (Lipinski definition) is 1. The molecule has 0 bridgehead atoms. The number of amides is 1. The van der Waals surface area contributed by atoms with E-state index in [-0.39, 0.29) is 35.8 Å². The number of aliphatic hydroxyl groups excluding tert-OH is 1. The molecule has 0 unspecified atom stereocenters. The molecule has 0 radical (unpaired) electrons. The van der Waals surface area contributed by atoms with Crippen molar-refractivity contribution in [3.8, 4) is 5.88 Å². The van der Waals surface area contributed by atoms with Crippen LogP contribution < -0.4 is 4.74 Å². The molecule has 3 rings (SSSR count). The van der Waals surface area contributed by atoms with Gasteiger partial charge in [-0.15, -0.1) is 0 Å². The molecule has 8 nitrogen and oxygen atoms in total. The lowest BCUT2D eigenvalue weighted by Crippen LogP contribution is -2.50. The Hall–Kier alpha value is -2.49. The molecule has 0 spiro atoms. The molecule has 1 N–H and O–H groups in total. The van der Waals surface area contributed by atoms with Crippen LogP contribution in [0.3, 0.4) is 0 Å². The second-order valence-corrected chi connectivity index (χ2v) is 9.62. The number of sulfonamides is 1. The number of pyridine rings is 1. The SMILES string of the molecule is C[C@H](CO)N1C[C@H](C)[C@H](CN(C)S(=O)(=O)c2ccccc2)Oc2ncccc2C1=O. The number of benzene rings is 1. The van der Waals surface area contributed by atoms with Crippen molar-refractivity contribution in [3.05, 3.63) is 54.2 Å². The molecule has 2 heterocycles. The van der Waals surface area contributed by atoms with E-state index >= 15 is 0 Å². The summed E-state index contributed by atoms with van der Waals surface area (Å²) in [6.45, 7) is 3.89. The van der Waals surface area contributed by atoms with Crippen LogP contribution in [-0.4, -0.2) is 72.5 Å². The van der Waals surface area contributed by atoms with Crippen LogP contribution in [-0.2, 0) is 10.0 Å². The molecule has 9 heteroatoms. The van der Waals surface area contributed by atoms with Crippen LogP contribution in [0.25, 0.3) is 0 Å². The summed E-state index contributed by atoms with van der Waals surface area (Å²) in [5, 5.41) is 9.62. The third-order valence-corrected chi connectivity index (χ3v) is 7.17. The maximum absolute atomic E-state index is 13.0. The summed E-state index contributed by atoms with van der Waals surface area (Å²) in [7, 11) is -2.18. The Morgan fingerprint density at radius 3 is 2.63 bits per heavy atom. The molecule has 0 saturated heterocycles. The standard InChI is InChI=1S/C21H27N3O5S/c1-15-12-24(16(2)14-25)21(26)18-10-7-11-22-20(18)29-19(15)13-23(3)30(27,28)17-8-5-4-6-9-17/h4-11,15-16,19,25H,12-14H2,1-3H3/t15-,16+,19-/m0/s1. The monoisotopic (exact) mass is 433 g/mol. The number of rotatable bonds is 6. The molecule has 1 aromatic carbocycles. The van der Waals surface area contributed by atoms with Crippen molar-refractivity contribution in [2.75, 3.05) is 26.7 Å². The smallest absolute Gasteiger partial charge is 0.259 e. The van der Waals surface area contributed by atoms with E-state index in [0.29, 0.717) is 12.1 Å². The highest BCUT2D eigenvalue weighted by Crippen LogP contribution is 2.27. The van der Waals surface area contributed by atoms with Crippen molar-refractivity contribution in [2.45, 2.75) is 30.9 Å². The zero-order chi connectivity index (χ0) is 21.9. The van der Waals surface area contributed by atoms with E-state index < -0.39 is 22.2 Å². The van der Waals surface area contributed by atoms with Gasteiger partial charge in [-0.25, -0.2) is 13.4 Å². The quantitative estimate of drug-likeness (QED) is 0.743. The minimum absolute atomic E-state index is 0.0872. The maximum Gasteiger partial charge on any atom is 0.259 e. The summed E-state index contributed by atoms with van der Waals surface area (Å²) in [6.07, 6.45) is 0.989. The number of carbonyl (C=O) groups excluding carboxylic acids is 1. The van der Waals surface area contributed by atoms with E-state index in [4.69, 9.17) is 4.74 Å². The number of ether oxygens (including phenoxy) is 1. The van der Waals surface area contributed by atoms with Crippen molar-refractivity contribution < 1.29 is 23.1 Å². The summed E-state index contributed by atoms with van der Waals surface area (Å²) in [5.41, 5.74) is 0.295. The van der Waals surface area contributed by atoms with Gasteiger partial charge in [0.25, 0.3) is 5.91 Å². The van der Waals surface area contributed by atoms with E-state index in [0.717, 1.165) is 0 Å². The van der Waals surface area contributed by atoms with Gasteiger partial charge in [0.15, 0.2) is 0 Å². The normalized spacial score (nSPS) is 20.8. The summed E-state index contributed by atoms with van der Waals surface area (Å²) < 4.78 is 33.2. The van der Waals surface area contributed by atoms with Crippen molar-refractivity contribution in [3.63, 3.8) is 0 Å². The first-order chi connectivity index (χ1) is 14.3. The van der Waals surface area contributed by atoms with E-state index in [9.17, 15) is 18.3 Å². The summed E-state index contributed by atoms with van der Waals surface area (Å²) in [6, 6.07) is 11.1. The highest BCUT2D eigenvalue weighted by molar-refractivity contribution is 7.89. The second-order valence-electron chi connectivity index (χ2n) is 7.58. The van der Waals surface area contributed by atoms with E-state index in [2.05, 4.69) is 4.98 Å². The number of nitrogens with zero attached hydrogens (tertiary/aromatic N) is 3. The van der Waals surface area contributed by atoms with Gasteiger partial charge in [0.2, 0.25) is 15.9 Å². The van der Waals surface area contributed by atoms with Crippen molar-refractivity contribution >= 4 is 15.9 Å². The molecule has 1 amide bonds. The van der Waals surface area contributed by atoms with Gasteiger partial charge in [0, 0.05) is 25.7 Å². The molecule has 162 valence electrons. The molecular weight excluding hydrogens is 406 g/mol. The predicted octanol–water partition coefficient (Wildman–Crippen LogP) is 1.62. The van der Waals surface area contributed by atoms with Crippen LogP contribution in [0, 0.1) is 5.92 Å². The Kier molecular flexibility index (Phi) is 6.74. The van der Waals surface area contributed by atoms with Crippen LogP contribution in [0.1, 0.15) is 24.2 Å². The van der Waals surface area contributed by atoms with E-state index in [1.54, 1.807) is 54.3 Å². The molecule has 1 aliphatic heterocycles. The lowest BCUT2D eigenvalue weighted by molar-refractivity contribution is 0.0373. The van der Waals surface area contributed by atoms with Crippen LogP contribution in [0.15, 0.2) is 53.6 Å². The Balaban J connectivity index is 1.92. The van der Waals surface area contributed by atoms with Crippen LogP contribution in [0.5, 0.6) is 5.88 Å². The molecule has 0 fully saturated rings. The van der Waals surface area contributed by atoms with Gasteiger partial charge in [0.05, 0.1) is 24.1 Å². The van der Waals surface area contributed by atoms with Crippen molar-refractivity contribution in [1.29, 1.82) is 0 Å². The van der Waals surface area contributed by atoms with Gasteiger partial charge in [-0.3, -0.25) is 4.79 Å². The Bertz CT molecular complexity index is 983. The summed E-state index contributed by atoms with van der Waals surface area (Å²) in [5.74, 6) is -0.304. The topological polar surface area (TPSA) is 100 Å². The predicted molar refractivity (Wildman–Crippen MR) is 112 cm³/mol. The molecule has 1 aliphatic rings. The molecule has 0 saturated carbocycles. The maximum atomic E-state index is 13.0. The largest absolute Gasteiger partial charge is 0.472 e. The number of likely N-dealkylation sites (N-methyl/N-ethyl adjacent to an activating group) is 1. The fraction of sp³-hybridized carbons (Fsp3) is 0.429. The second kappa shape index (κ2) is 9.11.